The van der Waals surface area contributed by atoms with Crippen molar-refractivity contribution in [3.8, 4) is 11.5 Å². The van der Waals surface area contributed by atoms with Gasteiger partial charge >= 0.3 is 0 Å². The number of halogens is 1. The highest BCUT2D eigenvalue weighted by Gasteiger charge is 2.60. The average molecular weight is 505 g/mol. The number of benzene rings is 3. The van der Waals surface area contributed by atoms with Gasteiger partial charge in [-0.05, 0) is 61.4 Å². The lowest BCUT2D eigenvalue weighted by Crippen LogP contribution is -2.37. The summed E-state index contributed by atoms with van der Waals surface area (Å²) in [4.78, 5) is 34.4. The van der Waals surface area contributed by atoms with E-state index in [4.69, 9.17) is 14.3 Å². The number of nitrogens with zero attached hydrogens (tertiary/aromatic N) is 2. The summed E-state index contributed by atoms with van der Waals surface area (Å²) < 4.78 is 25.8. The highest BCUT2D eigenvalue weighted by atomic mass is 19.1. The van der Waals surface area contributed by atoms with Crippen molar-refractivity contribution in [3.05, 3.63) is 84.2 Å². The normalized spacial score (nSPS) is 20.9. The minimum Gasteiger partial charge on any atom is -0.490 e. The van der Waals surface area contributed by atoms with E-state index in [2.05, 4.69) is 6.92 Å². The third-order valence-electron chi connectivity index (χ3n) is 6.56. The van der Waals surface area contributed by atoms with E-state index in [0.717, 1.165) is 23.3 Å². The zero-order valence-electron chi connectivity index (χ0n) is 20.8. The van der Waals surface area contributed by atoms with Gasteiger partial charge in [-0.25, -0.2) is 14.4 Å². The first kappa shape index (κ1) is 24.8. The quantitative estimate of drug-likeness (QED) is 0.285. The molecule has 37 heavy (non-hydrogen) atoms. The summed E-state index contributed by atoms with van der Waals surface area (Å²) in [5.41, 5.74) is 1.64. The number of anilines is 2. The lowest BCUT2D eigenvalue weighted by Gasteiger charge is -2.29. The van der Waals surface area contributed by atoms with Crippen molar-refractivity contribution in [2.45, 2.75) is 38.8 Å². The minimum atomic E-state index is -1.04. The van der Waals surface area contributed by atoms with Gasteiger partial charge in [0.15, 0.2) is 17.6 Å². The molecular weight excluding hydrogens is 475 g/mol. The first-order chi connectivity index (χ1) is 18.0. The van der Waals surface area contributed by atoms with Crippen LogP contribution in [0.25, 0.3) is 0 Å². The maximum absolute atomic E-state index is 13.9. The van der Waals surface area contributed by atoms with Crippen LogP contribution >= 0.6 is 0 Å². The second kappa shape index (κ2) is 10.6. The molecule has 0 aromatic heterocycles. The second-order valence-electron chi connectivity index (χ2n) is 8.99. The van der Waals surface area contributed by atoms with E-state index in [1.165, 1.54) is 18.2 Å². The molecular formula is C29H29FN2O5. The van der Waals surface area contributed by atoms with Crippen LogP contribution in [0.1, 0.15) is 38.3 Å². The molecule has 2 saturated heterocycles. The van der Waals surface area contributed by atoms with Crippen LogP contribution in [-0.4, -0.2) is 31.1 Å². The second-order valence-corrected chi connectivity index (χ2v) is 8.99. The Labute approximate surface area is 215 Å². The Morgan fingerprint density at radius 2 is 1.65 bits per heavy atom. The number of rotatable bonds is 9. The molecule has 3 unspecified atom stereocenters. The van der Waals surface area contributed by atoms with Crippen LogP contribution in [0, 0.1) is 11.7 Å². The van der Waals surface area contributed by atoms with Crippen LogP contribution in [0.2, 0.25) is 0 Å². The summed E-state index contributed by atoms with van der Waals surface area (Å²) in [7, 11) is 0. The molecule has 0 bridgehead atoms. The van der Waals surface area contributed by atoms with Crippen molar-refractivity contribution in [1.29, 1.82) is 0 Å². The van der Waals surface area contributed by atoms with Crippen molar-refractivity contribution in [2.24, 2.45) is 5.92 Å². The van der Waals surface area contributed by atoms with Gasteiger partial charge in [-0.1, -0.05) is 43.7 Å². The Morgan fingerprint density at radius 3 is 2.38 bits per heavy atom. The van der Waals surface area contributed by atoms with Gasteiger partial charge in [-0.3, -0.25) is 14.4 Å². The Balaban J connectivity index is 1.55. The summed E-state index contributed by atoms with van der Waals surface area (Å²) in [5.74, 6) is -1.14. The van der Waals surface area contributed by atoms with E-state index in [0.29, 0.717) is 30.4 Å². The SMILES string of the molecule is CCCCOc1ccc(C2C3C(=O)N(c4cccc(F)c4)C(=O)C3ON2c2ccccc2)cc1OCC. The van der Waals surface area contributed by atoms with Crippen molar-refractivity contribution < 1.29 is 28.3 Å². The first-order valence-corrected chi connectivity index (χ1v) is 12.6. The van der Waals surface area contributed by atoms with Gasteiger partial charge in [0.2, 0.25) is 5.91 Å². The largest absolute Gasteiger partial charge is 0.490 e. The molecule has 7 nitrogen and oxygen atoms in total. The number of hydrogen-bond acceptors (Lipinski definition) is 6. The number of hydroxylamine groups is 1. The molecule has 2 fully saturated rings. The molecule has 192 valence electrons. The summed E-state index contributed by atoms with van der Waals surface area (Å²) in [6.07, 6.45) is 0.883. The zero-order valence-corrected chi connectivity index (χ0v) is 20.8. The summed E-state index contributed by atoms with van der Waals surface area (Å²) in [6.45, 7) is 4.99. The fourth-order valence-corrected chi connectivity index (χ4v) is 4.84. The smallest absolute Gasteiger partial charge is 0.266 e. The van der Waals surface area contributed by atoms with E-state index in [-0.39, 0.29) is 5.69 Å². The molecule has 8 heteroatoms. The molecule has 0 saturated carbocycles. The average Bonchev–Trinajstić information content (AvgIpc) is 3.41. The Kier molecular flexibility index (Phi) is 7.10. The van der Waals surface area contributed by atoms with Crippen LogP contribution < -0.4 is 19.4 Å². The van der Waals surface area contributed by atoms with Gasteiger partial charge in [0.05, 0.1) is 30.6 Å². The number of unbranched alkanes of at least 4 members (excludes halogenated alkanes) is 1. The number of para-hydroxylation sites is 1. The van der Waals surface area contributed by atoms with Gasteiger partial charge in [-0.15, -0.1) is 0 Å². The summed E-state index contributed by atoms with van der Waals surface area (Å²) in [6, 6.07) is 19.7. The summed E-state index contributed by atoms with van der Waals surface area (Å²) >= 11 is 0. The van der Waals surface area contributed by atoms with Crippen LogP contribution in [0.15, 0.2) is 72.8 Å². The maximum Gasteiger partial charge on any atom is 0.266 e. The zero-order chi connectivity index (χ0) is 25.9. The van der Waals surface area contributed by atoms with Gasteiger partial charge in [0.1, 0.15) is 11.7 Å². The van der Waals surface area contributed by atoms with Crippen LogP contribution in [0.4, 0.5) is 15.8 Å². The number of imide groups is 1. The van der Waals surface area contributed by atoms with Crippen molar-refractivity contribution in [3.63, 3.8) is 0 Å². The van der Waals surface area contributed by atoms with Gasteiger partial charge in [0.25, 0.3) is 5.91 Å². The predicted molar refractivity (Wildman–Crippen MR) is 137 cm³/mol. The Morgan fingerprint density at radius 1 is 0.865 bits per heavy atom. The summed E-state index contributed by atoms with van der Waals surface area (Å²) in [5, 5.41) is 1.62. The van der Waals surface area contributed by atoms with Crippen molar-refractivity contribution >= 4 is 23.2 Å². The molecule has 0 aliphatic carbocycles. The predicted octanol–water partition coefficient (Wildman–Crippen LogP) is 5.45. The molecule has 5 rings (SSSR count). The number of carbonyl (C=O) groups is 2. The van der Waals surface area contributed by atoms with Crippen LogP contribution in [-0.2, 0) is 14.4 Å². The Hall–Kier alpha value is -3.91. The topological polar surface area (TPSA) is 68.3 Å². The van der Waals surface area contributed by atoms with Crippen molar-refractivity contribution in [2.75, 3.05) is 23.2 Å². The molecule has 3 atom stereocenters. The van der Waals surface area contributed by atoms with E-state index >= 15 is 0 Å². The number of amides is 2. The number of hydrogen-bond donors (Lipinski definition) is 0. The van der Waals surface area contributed by atoms with E-state index in [1.807, 2.05) is 55.5 Å². The molecule has 3 aromatic rings. The van der Waals surface area contributed by atoms with E-state index in [1.54, 1.807) is 11.1 Å². The molecule has 0 radical (unpaired) electrons. The molecule has 0 spiro atoms. The molecule has 2 aliphatic heterocycles. The lowest BCUT2D eigenvalue weighted by atomic mass is 9.90. The third-order valence-corrected chi connectivity index (χ3v) is 6.56. The highest BCUT2D eigenvalue weighted by Crippen LogP contribution is 2.48. The van der Waals surface area contributed by atoms with Crippen molar-refractivity contribution in [1.82, 2.24) is 0 Å². The number of fused-ring (bicyclic) bond motifs is 1. The molecule has 2 aliphatic rings. The van der Waals surface area contributed by atoms with Crippen LogP contribution in [0.3, 0.4) is 0 Å². The monoisotopic (exact) mass is 504 g/mol. The minimum absolute atomic E-state index is 0.188. The van der Waals surface area contributed by atoms with Gasteiger partial charge in [0, 0.05) is 0 Å². The standard InChI is InChI=1S/C29H29FN2O5/c1-3-5-16-36-23-15-14-19(17-24(23)35-4-2)26-25-27(37-32(26)21-11-7-6-8-12-21)29(34)31(28(25)33)22-13-9-10-20(30)18-22/h6-15,17-18,25-27H,3-5,16H2,1-2H3. The number of carbonyl (C=O) groups excluding carboxylic acids is 2. The molecule has 0 N–H and O–H groups in total. The lowest BCUT2D eigenvalue weighted by molar-refractivity contribution is -0.126. The highest BCUT2D eigenvalue weighted by molar-refractivity contribution is 6.23. The molecule has 3 aromatic carbocycles. The maximum atomic E-state index is 13.9. The fraction of sp³-hybridized carbons (Fsp3) is 0.310. The van der Waals surface area contributed by atoms with Gasteiger partial charge < -0.3 is 9.47 Å². The molecule has 2 amide bonds. The Bertz CT molecular complexity index is 1280. The van der Waals surface area contributed by atoms with E-state index < -0.39 is 35.7 Å². The van der Waals surface area contributed by atoms with E-state index in [9.17, 15) is 14.0 Å². The number of ether oxygens (including phenoxy) is 2. The van der Waals surface area contributed by atoms with Crippen LogP contribution in [0.5, 0.6) is 11.5 Å². The molecule has 2 heterocycles. The van der Waals surface area contributed by atoms with Gasteiger partial charge in [-0.2, -0.15) is 0 Å². The third kappa shape index (κ3) is 4.64. The fourth-order valence-electron chi connectivity index (χ4n) is 4.84. The first-order valence-electron chi connectivity index (χ1n) is 12.6.